The van der Waals surface area contributed by atoms with E-state index in [0.29, 0.717) is 5.56 Å². The molecule has 1 rings (SSSR count). The van der Waals surface area contributed by atoms with E-state index < -0.39 is 5.97 Å². The molecule has 0 aliphatic heterocycles. The van der Waals surface area contributed by atoms with Gasteiger partial charge in [-0.1, -0.05) is 46.2 Å². The lowest BCUT2D eigenvalue weighted by molar-refractivity contribution is 0.0695. The number of rotatable bonds is 4. The molecule has 0 amide bonds. The molecular weight excluding hydrogens is 212 g/mol. The fourth-order valence-electron chi connectivity index (χ4n) is 1.84. The first-order chi connectivity index (χ1) is 7.86. The van der Waals surface area contributed by atoms with Gasteiger partial charge in [-0.25, -0.2) is 4.79 Å². The van der Waals surface area contributed by atoms with Crippen LogP contribution in [0.4, 0.5) is 0 Å². The summed E-state index contributed by atoms with van der Waals surface area (Å²) in [5.74, 6) is -0.823. The smallest absolute Gasteiger partial charge is 0.335 e. The highest BCUT2D eigenvalue weighted by molar-refractivity contribution is 5.89. The first kappa shape index (κ1) is 13.8. The lowest BCUT2D eigenvalue weighted by Gasteiger charge is -2.20. The molecule has 2 nitrogen and oxygen atoms in total. The summed E-state index contributed by atoms with van der Waals surface area (Å²) in [6.07, 6.45) is 2.97. The van der Waals surface area contributed by atoms with E-state index in [9.17, 15) is 4.79 Å². The van der Waals surface area contributed by atoms with Crippen molar-refractivity contribution in [2.24, 2.45) is 0 Å². The minimum atomic E-state index is -0.823. The summed E-state index contributed by atoms with van der Waals surface area (Å²) in [7, 11) is 0. The molecular formula is C15H22O2. The van der Waals surface area contributed by atoms with Gasteiger partial charge < -0.3 is 5.11 Å². The Morgan fingerprint density at radius 1 is 1.29 bits per heavy atom. The van der Waals surface area contributed by atoms with Gasteiger partial charge in [0.05, 0.1) is 5.56 Å². The number of carboxylic acids is 1. The van der Waals surface area contributed by atoms with E-state index in [1.54, 1.807) is 6.07 Å². The Balaban J connectivity index is 3.14. The number of hydrogen-bond donors (Lipinski definition) is 1. The Kier molecular flexibility index (Phi) is 4.33. The molecule has 1 aromatic rings. The highest BCUT2D eigenvalue weighted by atomic mass is 16.4. The lowest BCUT2D eigenvalue weighted by atomic mass is 9.84. The first-order valence-corrected chi connectivity index (χ1v) is 6.23. The topological polar surface area (TPSA) is 37.3 Å². The minimum absolute atomic E-state index is 0.0675. The van der Waals surface area contributed by atoms with Crippen LogP contribution in [0.15, 0.2) is 18.2 Å². The second-order valence-electron chi connectivity index (χ2n) is 5.53. The lowest BCUT2D eigenvalue weighted by Crippen LogP contribution is -2.13. The summed E-state index contributed by atoms with van der Waals surface area (Å²) in [5, 5.41) is 9.16. The molecule has 2 heteroatoms. The molecule has 0 aliphatic rings. The van der Waals surface area contributed by atoms with Crippen molar-refractivity contribution in [3.63, 3.8) is 0 Å². The fraction of sp³-hybridized carbons (Fsp3) is 0.533. The van der Waals surface area contributed by atoms with Gasteiger partial charge in [-0.15, -0.1) is 0 Å². The monoisotopic (exact) mass is 234 g/mol. The van der Waals surface area contributed by atoms with E-state index in [1.165, 1.54) is 5.56 Å². The maximum atomic E-state index is 11.1. The Morgan fingerprint density at radius 3 is 2.41 bits per heavy atom. The molecule has 0 unspecified atom stereocenters. The summed E-state index contributed by atoms with van der Waals surface area (Å²) in [6.45, 7) is 8.55. The third-order valence-corrected chi connectivity index (χ3v) is 3.00. The Morgan fingerprint density at radius 2 is 1.94 bits per heavy atom. The molecule has 0 saturated carbocycles. The van der Waals surface area contributed by atoms with Crippen molar-refractivity contribution in [3.05, 3.63) is 34.9 Å². The molecule has 0 aromatic heterocycles. The minimum Gasteiger partial charge on any atom is -0.478 e. The summed E-state index contributed by atoms with van der Waals surface area (Å²) in [5.41, 5.74) is 2.68. The summed E-state index contributed by atoms with van der Waals surface area (Å²) < 4.78 is 0. The van der Waals surface area contributed by atoms with E-state index >= 15 is 0 Å². The van der Waals surface area contributed by atoms with E-state index in [-0.39, 0.29) is 5.41 Å². The fourth-order valence-corrected chi connectivity index (χ4v) is 1.84. The average molecular weight is 234 g/mol. The molecule has 0 fully saturated rings. The number of aryl methyl sites for hydroxylation is 1. The Labute approximate surface area is 104 Å². The van der Waals surface area contributed by atoms with Crippen LogP contribution in [0, 0.1) is 0 Å². The number of benzene rings is 1. The van der Waals surface area contributed by atoms with Gasteiger partial charge in [0, 0.05) is 0 Å². The van der Waals surface area contributed by atoms with Crippen LogP contribution in [-0.4, -0.2) is 11.1 Å². The zero-order valence-corrected chi connectivity index (χ0v) is 11.2. The maximum absolute atomic E-state index is 11.1. The van der Waals surface area contributed by atoms with E-state index in [1.807, 2.05) is 6.07 Å². The third-order valence-electron chi connectivity index (χ3n) is 3.00. The van der Waals surface area contributed by atoms with Gasteiger partial charge >= 0.3 is 5.97 Å². The number of carboxylic acid groups (broad SMARTS) is 1. The van der Waals surface area contributed by atoms with E-state index in [4.69, 9.17) is 5.11 Å². The Hall–Kier alpha value is -1.31. The molecule has 0 saturated heterocycles. The second kappa shape index (κ2) is 5.35. The van der Waals surface area contributed by atoms with Gasteiger partial charge in [-0.05, 0) is 35.4 Å². The predicted octanol–water partition coefficient (Wildman–Crippen LogP) is 4.02. The van der Waals surface area contributed by atoms with Gasteiger partial charge in [0.2, 0.25) is 0 Å². The standard InChI is InChI=1S/C15H22O2/c1-5-6-7-11-10-12(15(2,3)4)8-9-13(11)14(16)17/h8-10H,5-7H2,1-4H3,(H,16,17). The average Bonchev–Trinajstić information content (AvgIpc) is 2.24. The number of hydrogen-bond acceptors (Lipinski definition) is 1. The molecule has 0 aliphatic carbocycles. The van der Waals surface area contributed by atoms with Gasteiger partial charge in [0.15, 0.2) is 0 Å². The van der Waals surface area contributed by atoms with Gasteiger partial charge in [-0.3, -0.25) is 0 Å². The number of aromatic carboxylic acids is 1. The van der Waals surface area contributed by atoms with Crippen LogP contribution in [0.1, 0.15) is 62.0 Å². The van der Waals surface area contributed by atoms with Crippen molar-refractivity contribution in [2.75, 3.05) is 0 Å². The van der Waals surface area contributed by atoms with Crippen molar-refractivity contribution >= 4 is 5.97 Å². The SMILES string of the molecule is CCCCc1cc(C(C)(C)C)ccc1C(=O)O. The second-order valence-corrected chi connectivity index (χ2v) is 5.53. The van der Waals surface area contributed by atoms with E-state index in [0.717, 1.165) is 24.8 Å². The zero-order valence-electron chi connectivity index (χ0n) is 11.2. The third kappa shape index (κ3) is 3.58. The van der Waals surface area contributed by atoms with Gasteiger partial charge in [-0.2, -0.15) is 0 Å². The molecule has 0 radical (unpaired) electrons. The van der Waals surface area contributed by atoms with Crippen molar-refractivity contribution < 1.29 is 9.90 Å². The summed E-state index contributed by atoms with van der Waals surface area (Å²) in [6, 6.07) is 5.73. The summed E-state index contributed by atoms with van der Waals surface area (Å²) in [4.78, 5) is 11.1. The van der Waals surface area contributed by atoms with Crippen molar-refractivity contribution in [1.29, 1.82) is 0 Å². The summed E-state index contributed by atoms with van der Waals surface area (Å²) >= 11 is 0. The number of unbranched alkanes of at least 4 members (excludes halogenated alkanes) is 1. The van der Waals surface area contributed by atoms with Crippen LogP contribution in [0.2, 0.25) is 0 Å². The van der Waals surface area contributed by atoms with Crippen LogP contribution in [0.3, 0.4) is 0 Å². The van der Waals surface area contributed by atoms with Crippen molar-refractivity contribution in [3.8, 4) is 0 Å². The molecule has 17 heavy (non-hydrogen) atoms. The predicted molar refractivity (Wildman–Crippen MR) is 70.7 cm³/mol. The van der Waals surface area contributed by atoms with Crippen molar-refractivity contribution in [2.45, 2.75) is 52.4 Å². The highest BCUT2D eigenvalue weighted by Crippen LogP contribution is 2.25. The molecule has 94 valence electrons. The van der Waals surface area contributed by atoms with Crippen molar-refractivity contribution in [1.82, 2.24) is 0 Å². The van der Waals surface area contributed by atoms with E-state index in [2.05, 4.69) is 33.8 Å². The van der Waals surface area contributed by atoms with Crippen LogP contribution in [0.25, 0.3) is 0 Å². The Bertz CT molecular complexity index is 400. The highest BCUT2D eigenvalue weighted by Gasteiger charge is 2.17. The first-order valence-electron chi connectivity index (χ1n) is 6.23. The molecule has 0 bridgehead atoms. The largest absolute Gasteiger partial charge is 0.478 e. The normalized spacial score (nSPS) is 11.5. The maximum Gasteiger partial charge on any atom is 0.335 e. The number of carbonyl (C=O) groups is 1. The van der Waals surface area contributed by atoms with Gasteiger partial charge in [0.25, 0.3) is 0 Å². The van der Waals surface area contributed by atoms with Crippen LogP contribution in [0.5, 0.6) is 0 Å². The molecule has 1 N–H and O–H groups in total. The van der Waals surface area contributed by atoms with Crippen LogP contribution >= 0.6 is 0 Å². The molecule has 0 spiro atoms. The molecule has 0 heterocycles. The molecule has 1 aromatic carbocycles. The quantitative estimate of drug-likeness (QED) is 0.854. The van der Waals surface area contributed by atoms with Crippen LogP contribution < -0.4 is 0 Å². The molecule has 0 atom stereocenters. The van der Waals surface area contributed by atoms with Gasteiger partial charge in [0.1, 0.15) is 0 Å². The van der Waals surface area contributed by atoms with Crippen LogP contribution in [-0.2, 0) is 11.8 Å². The zero-order chi connectivity index (χ0) is 13.1.